The molecule has 0 saturated heterocycles. The number of hydrogen-bond donors (Lipinski definition) is 1. The molecule has 0 aliphatic rings. The van der Waals surface area contributed by atoms with E-state index in [0.717, 1.165) is 63.8 Å². The summed E-state index contributed by atoms with van der Waals surface area (Å²) in [6.07, 6.45) is 2.61. The van der Waals surface area contributed by atoms with E-state index in [1.54, 1.807) is 72.4 Å². The largest absolute Gasteiger partial charge is 0.493 e. The molecule has 3 atom stereocenters. The molecule has 0 amide bonds. The first-order valence-corrected chi connectivity index (χ1v) is 25.0. The van der Waals surface area contributed by atoms with Crippen LogP contribution >= 0.6 is 34.0 Å². The Bertz CT molecular complexity index is 2640. The summed E-state index contributed by atoms with van der Waals surface area (Å²) in [4.78, 5) is 7.80. The number of hydrogen-bond acceptors (Lipinski definition) is 12. The number of aliphatic hydroxyl groups is 1. The van der Waals surface area contributed by atoms with E-state index in [4.69, 9.17) is 37.9 Å². The number of rotatable bonds is 20. The molecule has 0 spiro atoms. The molecule has 1 N–H and O–H groups in total. The van der Waals surface area contributed by atoms with Crippen molar-refractivity contribution < 1.29 is 43.0 Å². The maximum atomic E-state index is 10.3. The van der Waals surface area contributed by atoms with Crippen molar-refractivity contribution in [2.24, 2.45) is 0 Å². The van der Waals surface area contributed by atoms with Crippen LogP contribution in [-0.2, 0) is 19.3 Å². The molecule has 3 unspecified atom stereocenters. The van der Waals surface area contributed by atoms with Crippen LogP contribution in [0, 0.1) is 0 Å². The van der Waals surface area contributed by atoms with E-state index < -0.39 is 6.10 Å². The van der Waals surface area contributed by atoms with Crippen molar-refractivity contribution in [3.63, 3.8) is 0 Å². The molecule has 9 nitrogen and oxygen atoms in total. The highest BCUT2D eigenvalue weighted by Gasteiger charge is 2.30. The first-order valence-electron chi connectivity index (χ1n) is 22.6. The molecular weight excluding hydrogens is 913 g/mol. The Balaban J connectivity index is 0.000000199. The lowest BCUT2D eigenvalue weighted by molar-refractivity contribution is 0.100. The summed E-state index contributed by atoms with van der Waals surface area (Å²) in [7, 11) is 11.5. The quantitative estimate of drug-likeness (QED) is 0.0801. The van der Waals surface area contributed by atoms with E-state index in [0.29, 0.717) is 28.9 Å². The van der Waals surface area contributed by atoms with Crippen molar-refractivity contribution in [3.8, 4) is 46.0 Å². The van der Waals surface area contributed by atoms with Crippen LogP contribution in [0.25, 0.3) is 5.57 Å². The van der Waals surface area contributed by atoms with E-state index >= 15 is 0 Å². The Morgan fingerprint density at radius 2 is 0.926 bits per heavy atom. The van der Waals surface area contributed by atoms with Crippen molar-refractivity contribution >= 4 is 39.6 Å². The third-order valence-electron chi connectivity index (χ3n) is 11.4. The highest BCUT2D eigenvalue weighted by Crippen LogP contribution is 2.41. The second-order valence-corrected chi connectivity index (χ2v) is 19.0. The van der Waals surface area contributed by atoms with Crippen LogP contribution < -0.4 is 37.9 Å². The van der Waals surface area contributed by atoms with Gasteiger partial charge in [-0.3, -0.25) is 0 Å². The van der Waals surface area contributed by atoms with Crippen LogP contribution in [0.3, 0.4) is 0 Å². The molecule has 4 aromatic carbocycles. The number of aliphatic hydroxyl groups excluding tert-OH is 1. The van der Waals surface area contributed by atoms with Crippen molar-refractivity contribution in [2.75, 3.05) is 56.4 Å². The summed E-state index contributed by atoms with van der Waals surface area (Å²) in [6.45, 7) is 12.7. The normalized spacial score (nSPS) is 11.9. The summed E-state index contributed by atoms with van der Waals surface area (Å²) in [5.41, 5.74) is 4.31. The van der Waals surface area contributed by atoms with Gasteiger partial charge in [-0.2, -0.15) is 0 Å². The van der Waals surface area contributed by atoms with Crippen molar-refractivity contribution in [3.05, 3.63) is 168 Å². The third kappa shape index (κ3) is 13.4. The first kappa shape index (κ1) is 53.0. The molecule has 0 aliphatic heterocycles. The van der Waals surface area contributed by atoms with Crippen molar-refractivity contribution in [1.82, 2.24) is 0 Å². The Labute approximate surface area is 415 Å². The van der Waals surface area contributed by atoms with Gasteiger partial charge in [0.15, 0.2) is 46.0 Å². The van der Waals surface area contributed by atoms with Crippen LogP contribution in [0.2, 0.25) is 0 Å². The number of para-hydroxylation sites is 2. The molecule has 7 rings (SSSR count). The summed E-state index contributed by atoms with van der Waals surface area (Å²) in [6, 6.07) is 38.3. The summed E-state index contributed by atoms with van der Waals surface area (Å²) in [5.74, 6) is 5.74. The smallest absolute Gasteiger partial charge is 0.161 e. The van der Waals surface area contributed by atoms with Gasteiger partial charge in [0.1, 0.15) is 6.10 Å². The predicted molar refractivity (Wildman–Crippen MR) is 282 cm³/mol. The number of thiophene rings is 3. The summed E-state index contributed by atoms with van der Waals surface area (Å²) in [5, 5.41) is 10.3. The second-order valence-electron chi connectivity index (χ2n) is 15.4. The Morgan fingerprint density at radius 3 is 1.44 bits per heavy atom. The molecule has 0 bridgehead atoms. The van der Waals surface area contributed by atoms with E-state index in [-0.39, 0.29) is 12.5 Å². The number of methoxy groups -OCH3 is 7. The number of ether oxygens (including phenoxy) is 8. The molecule has 68 heavy (non-hydrogen) atoms. The van der Waals surface area contributed by atoms with Gasteiger partial charge in [-0.25, -0.2) is 0 Å². The zero-order valence-electron chi connectivity index (χ0n) is 41.2. The minimum Gasteiger partial charge on any atom is -0.493 e. The van der Waals surface area contributed by atoms with Gasteiger partial charge in [-0.05, 0) is 126 Å². The average molecular weight is 979 g/mol. The molecule has 0 aliphatic carbocycles. The molecule has 12 heteroatoms. The fourth-order valence-electron chi connectivity index (χ4n) is 7.45. The van der Waals surface area contributed by atoms with E-state index in [1.807, 2.05) is 78.1 Å². The predicted octanol–water partition coefficient (Wildman–Crippen LogP) is 13.8. The highest BCUT2D eigenvalue weighted by atomic mass is 32.1. The number of aryl methyl sites for hydroxylation is 3. The third-order valence-corrected chi connectivity index (χ3v) is 15.4. The minimum absolute atomic E-state index is 0.156. The maximum absolute atomic E-state index is 10.3. The van der Waals surface area contributed by atoms with Gasteiger partial charge in [0.2, 0.25) is 0 Å². The highest BCUT2D eigenvalue weighted by molar-refractivity contribution is 7.13. The SMILES string of the molecule is C=C(c1ccc(OC)c(OC)c1)c1ccc(CC)s1.CCc1ccc(C(C)c2ccc(OC)c(OC)c2)s1.CCc1ccc(C(c2ccc(OC)c(OC)c2)C(CO)Oc2ccccc2OC)s1. The fraction of sp³-hybridized carbons (Fsp3) is 0.321. The molecule has 3 aromatic heterocycles. The lowest BCUT2D eigenvalue weighted by atomic mass is 9.91. The average Bonchev–Trinajstić information content (AvgIpc) is 4.20. The minimum atomic E-state index is -0.511. The lowest BCUT2D eigenvalue weighted by Crippen LogP contribution is -2.29. The topological polar surface area (TPSA) is 94.1 Å². The Morgan fingerprint density at radius 1 is 0.485 bits per heavy atom. The van der Waals surface area contributed by atoms with Gasteiger partial charge in [-0.15, -0.1) is 34.0 Å². The molecule has 0 fully saturated rings. The van der Waals surface area contributed by atoms with Crippen LogP contribution in [-0.4, -0.2) is 67.6 Å². The molecule has 0 saturated carbocycles. The van der Waals surface area contributed by atoms with Crippen LogP contribution in [0.5, 0.6) is 46.0 Å². The summed E-state index contributed by atoms with van der Waals surface area (Å²) >= 11 is 5.40. The molecular formula is C56H66O9S3. The number of benzene rings is 4. The summed E-state index contributed by atoms with van der Waals surface area (Å²) < 4.78 is 43.8. The van der Waals surface area contributed by atoms with Crippen LogP contribution in [0.1, 0.15) is 85.5 Å². The van der Waals surface area contributed by atoms with Gasteiger partial charge in [0, 0.05) is 35.2 Å². The van der Waals surface area contributed by atoms with E-state index in [1.165, 1.54) is 29.9 Å². The standard InChI is InChI=1S/C24H28O5S.C16H20O2S.C16H18O2S/c1-5-17-11-13-23(30-17)24(16-10-12-19(27-3)21(14-16)28-4)22(15-25)29-20-9-7-6-8-18(20)26-2;2*1-5-13-7-9-16(19-13)11(2)12-6-8-14(17-3)15(10-12)18-4/h6-14,22,24-25H,5,15H2,1-4H3;6-11H,5H2,1-4H3;6-10H,2,5H2,1,3-4H3. The molecule has 0 radical (unpaired) electrons. The van der Waals surface area contributed by atoms with Crippen LogP contribution in [0.15, 0.2) is 122 Å². The lowest BCUT2D eigenvalue weighted by Gasteiger charge is -2.27. The van der Waals surface area contributed by atoms with Gasteiger partial charge >= 0.3 is 0 Å². The zero-order valence-corrected chi connectivity index (χ0v) is 43.6. The van der Waals surface area contributed by atoms with Gasteiger partial charge < -0.3 is 43.0 Å². The monoisotopic (exact) mass is 978 g/mol. The van der Waals surface area contributed by atoms with E-state index in [2.05, 4.69) is 82.8 Å². The second kappa shape index (κ2) is 26.6. The Kier molecular flexibility index (Phi) is 20.7. The van der Waals surface area contributed by atoms with Crippen LogP contribution in [0.4, 0.5) is 0 Å². The van der Waals surface area contributed by atoms with Crippen molar-refractivity contribution in [1.29, 1.82) is 0 Å². The molecule has 7 aromatic rings. The molecule has 362 valence electrons. The molecule has 3 heterocycles. The maximum Gasteiger partial charge on any atom is 0.161 e. The fourth-order valence-corrected chi connectivity index (χ4v) is 10.6. The Hall–Kier alpha value is -5.92. The zero-order chi connectivity index (χ0) is 49.2. The van der Waals surface area contributed by atoms with E-state index in [9.17, 15) is 5.11 Å². The van der Waals surface area contributed by atoms with Gasteiger partial charge in [0.05, 0.1) is 62.3 Å². The first-order chi connectivity index (χ1) is 33.0. The van der Waals surface area contributed by atoms with Gasteiger partial charge in [0.25, 0.3) is 0 Å². The van der Waals surface area contributed by atoms with Crippen molar-refractivity contribution in [2.45, 2.75) is 64.9 Å². The van der Waals surface area contributed by atoms with Gasteiger partial charge in [-0.1, -0.05) is 64.6 Å².